The van der Waals surface area contributed by atoms with E-state index < -0.39 is 5.97 Å². The first-order valence-corrected chi connectivity index (χ1v) is 9.81. The van der Waals surface area contributed by atoms with E-state index in [1.165, 1.54) is 6.20 Å². The maximum absolute atomic E-state index is 12.3. The quantitative estimate of drug-likeness (QED) is 0.410. The molecule has 0 aliphatic carbocycles. The van der Waals surface area contributed by atoms with Gasteiger partial charge in [-0.15, -0.1) is 0 Å². The number of nitrogens with two attached hydrogens (primary N) is 1. The molecule has 0 aromatic carbocycles. The number of aromatic nitrogens is 2. The molecule has 1 aliphatic rings. The van der Waals surface area contributed by atoms with Gasteiger partial charge in [-0.1, -0.05) is 11.8 Å². The van der Waals surface area contributed by atoms with Gasteiger partial charge in [-0.25, -0.2) is 14.8 Å². The van der Waals surface area contributed by atoms with Gasteiger partial charge in [-0.3, -0.25) is 9.59 Å². The normalized spacial score (nSPS) is 14.7. The Labute approximate surface area is 162 Å². The topological polar surface area (TPSA) is 125 Å². The second-order valence-electron chi connectivity index (χ2n) is 5.87. The molecule has 0 atom stereocenters. The minimum Gasteiger partial charge on any atom is -0.466 e. The van der Waals surface area contributed by atoms with Gasteiger partial charge in [0.25, 0.3) is 0 Å². The fraction of sp³-hybridized carbons (Fsp3) is 0.588. The second-order valence-corrected chi connectivity index (χ2v) is 6.81. The van der Waals surface area contributed by atoms with Crippen LogP contribution in [-0.4, -0.2) is 64.8 Å². The number of nitrogens with zero attached hydrogens (tertiary/aromatic N) is 3. The molecule has 0 spiro atoms. The lowest BCUT2D eigenvalue weighted by Crippen LogP contribution is -2.41. The highest BCUT2D eigenvalue weighted by molar-refractivity contribution is 7.99. The number of ether oxygens (including phenoxy) is 2. The molecule has 27 heavy (non-hydrogen) atoms. The van der Waals surface area contributed by atoms with Gasteiger partial charge in [0.1, 0.15) is 11.4 Å². The zero-order valence-corrected chi connectivity index (χ0v) is 16.3. The van der Waals surface area contributed by atoms with Crippen LogP contribution in [-0.2, 0) is 19.1 Å². The van der Waals surface area contributed by atoms with Crippen molar-refractivity contribution >= 4 is 35.4 Å². The van der Waals surface area contributed by atoms with Gasteiger partial charge in [0.15, 0.2) is 5.16 Å². The van der Waals surface area contributed by atoms with Gasteiger partial charge in [-0.2, -0.15) is 0 Å². The molecule has 148 valence electrons. The maximum atomic E-state index is 12.3. The molecule has 9 nitrogen and oxygen atoms in total. The van der Waals surface area contributed by atoms with Crippen LogP contribution in [0.1, 0.15) is 37.0 Å². The molecule has 1 aliphatic heterocycles. The third kappa shape index (κ3) is 5.81. The molecule has 2 heterocycles. The number of nitrogen functional groups attached to an aromatic ring is 1. The second kappa shape index (κ2) is 10.1. The van der Waals surface area contributed by atoms with Gasteiger partial charge in [0, 0.05) is 19.3 Å². The Hall–Kier alpha value is -2.36. The Kier molecular flexibility index (Phi) is 7.83. The lowest BCUT2D eigenvalue weighted by molar-refractivity contribution is -0.151. The fourth-order valence-corrected chi connectivity index (χ4v) is 3.38. The molecular formula is C17H24N4O5S. The molecule has 1 aromatic heterocycles. The van der Waals surface area contributed by atoms with Crippen LogP contribution < -0.4 is 5.73 Å². The van der Waals surface area contributed by atoms with E-state index in [0.29, 0.717) is 37.7 Å². The van der Waals surface area contributed by atoms with E-state index in [4.69, 9.17) is 15.2 Å². The van der Waals surface area contributed by atoms with Gasteiger partial charge in [-0.05, 0) is 26.7 Å². The number of piperidine rings is 1. The summed E-state index contributed by atoms with van der Waals surface area (Å²) in [6.45, 7) is 5.12. The minimum absolute atomic E-state index is 0.0219. The average Bonchev–Trinajstić information content (AvgIpc) is 2.66. The number of amides is 1. The van der Waals surface area contributed by atoms with E-state index >= 15 is 0 Å². The van der Waals surface area contributed by atoms with Crippen molar-refractivity contribution in [1.82, 2.24) is 14.9 Å². The molecule has 1 aromatic rings. The molecule has 0 radical (unpaired) electrons. The van der Waals surface area contributed by atoms with E-state index in [1.807, 2.05) is 0 Å². The van der Waals surface area contributed by atoms with Crippen molar-refractivity contribution in [2.24, 2.45) is 5.92 Å². The van der Waals surface area contributed by atoms with Crippen molar-refractivity contribution in [3.05, 3.63) is 11.8 Å². The zero-order chi connectivity index (χ0) is 19.8. The summed E-state index contributed by atoms with van der Waals surface area (Å²) in [6, 6.07) is 0. The summed E-state index contributed by atoms with van der Waals surface area (Å²) >= 11 is 1.15. The first kappa shape index (κ1) is 20.9. The Morgan fingerprint density at radius 3 is 2.48 bits per heavy atom. The highest BCUT2D eigenvalue weighted by Gasteiger charge is 2.28. The van der Waals surface area contributed by atoms with Crippen molar-refractivity contribution in [3.63, 3.8) is 0 Å². The lowest BCUT2D eigenvalue weighted by atomic mass is 9.97. The standard InChI is InChI=1S/C17H24N4O5S/c1-3-25-15(23)11-5-7-21(8-6-11)13(22)10-27-17-19-9-12(14(18)20-17)16(24)26-4-2/h9,11H,3-8,10H2,1-2H3,(H2,18,19,20). The van der Waals surface area contributed by atoms with Crippen LogP contribution in [0.3, 0.4) is 0 Å². The molecule has 0 bridgehead atoms. The monoisotopic (exact) mass is 396 g/mol. The van der Waals surface area contributed by atoms with Crippen LogP contribution in [0.5, 0.6) is 0 Å². The third-order valence-corrected chi connectivity index (χ3v) is 4.93. The molecule has 2 rings (SSSR count). The number of anilines is 1. The SMILES string of the molecule is CCOC(=O)c1cnc(SCC(=O)N2CCC(C(=O)OCC)CC2)nc1N. The molecule has 1 amide bonds. The van der Waals surface area contributed by atoms with Gasteiger partial charge >= 0.3 is 11.9 Å². The summed E-state index contributed by atoms with van der Waals surface area (Å²) in [5.74, 6) is -0.785. The Balaban J connectivity index is 1.83. The summed E-state index contributed by atoms with van der Waals surface area (Å²) in [5, 5.41) is 0.315. The summed E-state index contributed by atoms with van der Waals surface area (Å²) < 4.78 is 9.89. The Bertz CT molecular complexity index is 692. The van der Waals surface area contributed by atoms with E-state index in [0.717, 1.165) is 11.8 Å². The van der Waals surface area contributed by atoms with Crippen molar-refractivity contribution in [3.8, 4) is 0 Å². The summed E-state index contributed by atoms with van der Waals surface area (Å²) in [6.07, 6.45) is 2.51. The zero-order valence-electron chi connectivity index (χ0n) is 15.5. The van der Waals surface area contributed by atoms with E-state index in [9.17, 15) is 14.4 Å². The van der Waals surface area contributed by atoms with E-state index in [2.05, 4.69) is 9.97 Å². The molecule has 0 unspecified atom stereocenters. The number of rotatable bonds is 7. The first-order chi connectivity index (χ1) is 13.0. The van der Waals surface area contributed by atoms with Gasteiger partial charge in [0.05, 0.1) is 24.9 Å². The minimum atomic E-state index is -0.577. The number of thioether (sulfide) groups is 1. The molecule has 0 saturated carbocycles. The molecule has 10 heteroatoms. The van der Waals surface area contributed by atoms with Crippen molar-refractivity contribution in [2.45, 2.75) is 31.8 Å². The van der Waals surface area contributed by atoms with Gasteiger partial charge in [0.2, 0.25) is 5.91 Å². The number of carbonyl (C=O) groups excluding carboxylic acids is 3. The molecule has 2 N–H and O–H groups in total. The fourth-order valence-electron chi connectivity index (χ4n) is 2.66. The number of hydrogen-bond acceptors (Lipinski definition) is 9. The van der Waals surface area contributed by atoms with Crippen LogP contribution in [0.2, 0.25) is 0 Å². The summed E-state index contributed by atoms with van der Waals surface area (Å²) in [4.78, 5) is 45.6. The smallest absolute Gasteiger partial charge is 0.343 e. The first-order valence-electron chi connectivity index (χ1n) is 8.83. The predicted molar refractivity (Wildman–Crippen MR) is 99.1 cm³/mol. The highest BCUT2D eigenvalue weighted by Crippen LogP contribution is 2.21. The number of esters is 2. The number of likely N-dealkylation sites (tertiary alicyclic amines) is 1. The Morgan fingerprint density at radius 2 is 1.89 bits per heavy atom. The summed E-state index contributed by atoms with van der Waals surface area (Å²) in [5.41, 5.74) is 5.87. The van der Waals surface area contributed by atoms with Crippen LogP contribution in [0.4, 0.5) is 5.82 Å². The van der Waals surface area contributed by atoms with E-state index in [-0.39, 0.29) is 41.5 Å². The lowest BCUT2D eigenvalue weighted by Gasteiger charge is -2.30. The van der Waals surface area contributed by atoms with Crippen LogP contribution >= 0.6 is 11.8 Å². The number of hydrogen-bond donors (Lipinski definition) is 1. The Morgan fingerprint density at radius 1 is 1.22 bits per heavy atom. The van der Waals surface area contributed by atoms with Crippen LogP contribution in [0.15, 0.2) is 11.4 Å². The average molecular weight is 396 g/mol. The van der Waals surface area contributed by atoms with Gasteiger partial charge < -0.3 is 20.1 Å². The molecular weight excluding hydrogens is 372 g/mol. The van der Waals surface area contributed by atoms with Crippen molar-refractivity contribution in [2.75, 3.05) is 37.8 Å². The predicted octanol–water partition coefficient (Wildman–Crippen LogP) is 1.13. The van der Waals surface area contributed by atoms with Crippen LogP contribution in [0.25, 0.3) is 0 Å². The maximum Gasteiger partial charge on any atom is 0.343 e. The third-order valence-electron chi connectivity index (χ3n) is 4.08. The van der Waals surface area contributed by atoms with E-state index in [1.54, 1.807) is 18.7 Å². The summed E-state index contributed by atoms with van der Waals surface area (Å²) in [7, 11) is 0. The van der Waals surface area contributed by atoms with Crippen LogP contribution in [0, 0.1) is 5.92 Å². The van der Waals surface area contributed by atoms with Crippen molar-refractivity contribution < 1.29 is 23.9 Å². The number of carbonyl (C=O) groups is 3. The highest BCUT2D eigenvalue weighted by atomic mass is 32.2. The largest absolute Gasteiger partial charge is 0.466 e. The van der Waals surface area contributed by atoms with Crippen molar-refractivity contribution in [1.29, 1.82) is 0 Å². The molecule has 1 saturated heterocycles. The molecule has 1 fully saturated rings.